The van der Waals surface area contributed by atoms with Gasteiger partial charge in [-0.25, -0.2) is 12.8 Å². The van der Waals surface area contributed by atoms with Gasteiger partial charge in [0.05, 0.1) is 10.6 Å². The summed E-state index contributed by atoms with van der Waals surface area (Å²) in [7, 11) is -3.82. The number of para-hydroxylation sites is 1. The van der Waals surface area contributed by atoms with Crippen molar-refractivity contribution < 1.29 is 17.6 Å². The number of hydrogen-bond donors (Lipinski definition) is 1. The number of nitrogens with zero attached hydrogens (tertiary/aromatic N) is 2. The van der Waals surface area contributed by atoms with Crippen LogP contribution in [-0.4, -0.2) is 51.4 Å². The fraction of sp³-hybridized carbons (Fsp3) is 0.435. The van der Waals surface area contributed by atoms with E-state index < -0.39 is 16.1 Å². The van der Waals surface area contributed by atoms with Gasteiger partial charge in [0.2, 0.25) is 15.9 Å². The topological polar surface area (TPSA) is 69.7 Å². The first-order valence-corrected chi connectivity index (χ1v) is 12.0. The molecule has 0 radical (unpaired) electrons. The molecule has 3 rings (SSSR count). The van der Waals surface area contributed by atoms with Gasteiger partial charge in [-0.05, 0) is 43.5 Å². The second kappa shape index (κ2) is 9.78. The van der Waals surface area contributed by atoms with E-state index in [1.807, 2.05) is 25.7 Å². The predicted molar refractivity (Wildman–Crippen MR) is 120 cm³/mol. The van der Waals surface area contributed by atoms with Crippen molar-refractivity contribution in [2.24, 2.45) is 5.92 Å². The molecule has 0 aliphatic carbocycles. The Bertz CT molecular complexity index is 1000. The normalized spacial score (nSPS) is 15.9. The zero-order valence-corrected chi connectivity index (χ0v) is 19.0. The van der Waals surface area contributed by atoms with E-state index in [0.717, 1.165) is 5.56 Å². The number of anilines is 1. The third-order valence-corrected chi connectivity index (χ3v) is 6.91. The summed E-state index contributed by atoms with van der Waals surface area (Å²) in [6.45, 7) is 7.60. The number of piperazine rings is 1. The number of carbonyl (C=O) groups excluding carboxylic acids is 1. The quantitative estimate of drug-likeness (QED) is 0.708. The fourth-order valence-corrected chi connectivity index (χ4v) is 4.94. The van der Waals surface area contributed by atoms with Crippen LogP contribution in [0.4, 0.5) is 10.1 Å². The minimum atomic E-state index is -3.82. The lowest BCUT2D eigenvalue weighted by Crippen LogP contribution is -2.55. The SMILES string of the molecule is Cc1ccc(S(=O)(=O)N[C@H](CC(C)C)C(=O)N2CCN(c3ccccc3F)CC2)cc1. The molecule has 1 amide bonds. The zero-order valence-electron chi connectivity index (χ0n) is 18.2. The van der Waals surface area contributed by atoms with Crippen molar-refractivity contribution in [2.45, 2.75) is 38.1 Å². The molecule has 0 bridgehead atoms. The molecule has 1 aliphatic heterocycles. The van der Waals surface area contributed by atoms with Crippen LogP contribution in [-0.2, 0) is 14.8 Å². The van der Waals surface area contributed by atoms with Gasteiger partial charge in [0.15, 0.2) is 0 Å². The maximum Gasteiger partial charge on any atom is 0.241 e. The minimum Gasteiger partial charge on any atom is -0.366 e. The Morgan fingerprint density at radius 1 is 1.03 bits per heavy atom. The first kappa shape index (κ1) is 23.2. The third-order valence-electron chi connectivity index (χ3n) is 5.42. The molecule has 1 saturated heterocycles. The molecular weight excluding hydrogens is 417 g/mol. The van der Waals surface area contributed by atoms with E-state index in [1.165, 1.54) is 6.07 Å². The molecule has 168 valence electrons. The second-order valence-corrected chi connectivity index (χ2v) is 10.1. The van der Waals surface area contributed by atoms with Crippen LogP contribution in [0.1, 0.15) is 25.8 Å². The Kier molecular flexibility index (Phi) is 7.33. The molecule has 8 heteroatoms. The molecule has 1 fully saturated rings. The Hall–Kier alpha value is -2.45. The van der Waals surface area contributed by atoms with Crippen LogP contribution in [0.3, 0.4) is 0 Å². The van der Waals surface area contributed by atoms with Gasteiger partial charge in [0.25, 0.3) is 0 Å². The van der Waals surface area contributed by atoms with Crippen molar-refractivity contribution in [1.29, 1.82) is 0 Å². The van der Waals surface area contributed by atoms with Crippen LogP contribution < -0.4 is 9.62 Å². The molecule has 31 heavy (non-hydrogen) atoms. The number of amides is 1. The van der Waals surface area contributed by atoms with E-state index in [0.29, 0.717) is 38.3 Å². The Labute approximate surface area is 184 Å². The lowest BCUT2D eigenvalue weighted by molar-refractivity contribution is -0.133. The summed E-state index contributed by atoms with van der Waals surface area (Å²) in [5, 5.41) is 0. The van der Waals surface area contributed by atoms with Crippen LogP contribution in [0.15, 0.2) is 53.4 Å². The van der Waals surface area contributed by atoms with Gasteiger partial charge < -0.3 is 9.80 Å². The maximum absolute atomic E-state index is 14.1. The van der Waals surface area contributed by atoms with E-state index in [1.54, 1.807) is 47.4 Å². The van der Waals surface area contributed by atoms with E-state index in [9.17, 15) is 17.6 Å². The van der Waals surface area contributed by atoms with E-state index in [-0.39, 0.29) is 22.5 Å². The average molecular weight is 448 g/mol. The van der Waals surface area contributed by atoms with Gasteiger partial charge in [-0.2, -0.15) is 4.72 Å². The first-order chi connectivity index (χ1) is 14.7. The van der Waals surface area contributed by atoms with E-state index in [4.69, 9.17) is 0 Å². The Balaban J connectivity index is 1.70. The summed E-state index contributed by atoms with van der Waals surface area (Å²) in [5.41, 5.74) is 1.48. The molecule has 0 saturated carbocycles. The molecule has 1 N–H and O–H groups in total. The third kappa shape index (κ3) is 5.83. The molecule has 2 aromatic carbocycles. The van der Waals surface area contributed by atoms with E-state index >= 15 is 0 Å². The monoisotopic (exact) mass is 447 g/mol. The van der Waals surface area contributed by atoms with Crippen molar-refractivity contribution in [3.8, 4) is 0 Å². The van der Waals surface area contributed by atoms with Crippen molar-refractivity contribution in [3.63, 3.8) is 0 Å². The highest BCUT2D eigenvalue weighted by molar-refractivity contribution is 7.89. The molecule has 0 spiro atoms. The number of benzene rings is 2. The summed E-state index contributed by atoms with van der Waals surface area (Å²) in [4.78, 5) is 16.9. The molecule has 1 aliphatic rings. The number of sulfonamides is 1. The van der Waals surface area contributed by atoms with Gasteiger partial charge in [-0.3, -0.25) is 4.79 Å². The Morgan fingerprint density at radius 2 is 1.65 bits per heavy atom. The molecular formula is C23H30FN3O3S. The van der Waals surface area contributed by atoms with Crippen LogP contribution in [0.5, 0.6) is 0 Å². The molecule has 6 nitrogen and oxygen atoms in total. The Morgan fingerprint density at radius 3 is 2.23 bits per heavy atom. The highest BCUT2D eigenvalue weighted by atomic mass is 32.2. The van der Waals surface area contributed by atoms with Crippen LogP contribution >= 0.6 is 0 Å². The molecule has 0 aromatic heterocycles. The molecule has 2 aromatic rings. The number of rotatable bonds is 7. The average Bonchev–Trinajstić information content (AvgIpc) is 2.73. The van der Waals surface area contributed by atoms with Gasteiger partial charge in [-0.1, -0.05) is 43.7 Å². The smallest absolute Gasteiger partial charge is 0.241 e. The number of halogens is 1. The van der Waals surface area contributed by atoms with Crippen molar-refractivity contribution in [2.75, 3.05) is 31.1 Å². The largest absolute Gasteiger partial charge is 0.366 e. The second-order valence-electron chi connectivity index (χ2n) is 8.38. The number of aryl methyl sites for hydroxylation is 1. The lowest BCUT2D eigenvalue weighted by atomic mass is 10.0. The highest BCUT2D eigenvalue weighted by Crippen LogP contribution is 2.21. The molecule has 1 heterocycles. The van der Waals surface area contributed by atoms with Gasteiger partial charge in [-0.15, -0.1) is 0 Å². The van der Waals surface area contributed by atoms with Crippen LogP contribution in [0, 0.1) is 18.7 Å². The van der Waals surface area contributed by atoms with Crippen molar-refractivity contribution in [1.82, 2.24) is 9.62 Å². The fourth-order valence-electron chi connectivity index (χ4n) is 3.74. The highest BCUT2D eigenvalue weighted by Gasteiger charge is 2.32. The lowest BCUT2D eigenvalue weighted by Gasteiger charge is -2.38. The van der Waals surface area contributed by atoms with E-state index in [2.05, 4.69) is 4.72 Å². The van der Waals surface area contributed by atoms with Gasteiger partial charge >= 0.3 is 0 Å². The summed E-state index contributed by atoms with van der Waals surface area (Å²) < 4.78 is 42.4. The summed E-state index contributed by atoms with van der Waals surface area (Å²) in [5.74, 6) is -0.391. The van der Waals surface area contributed by atoms with Crippen LogP contribution in [0.25, 0.3) is 0 Å². The molecule has 1 atom stereocenters. The zero-order chi connectivity index (χ0) is 22.6. The number of hydrogen-bond acceptors (Lipinski definition) is 4. The summed E-state index contributed by atoms with van der Waals surface area (Å²) in [6.07, 6.45) is 0.400. The van der Waals surface area contributed by atoms with Crippen LogP contribution in [0.2, 0.25) is 0 Å². The maximum atomic E-state index is 14.1. The summed E-state index contributed by atoms with van der Waals surface area (Å²) in [6, 6.07) is 12.3. The van der Waals surface area contributed by atoms with Crippen molar-refractivity contribution in [3.05, 3.63) is 59.9 Å². The summed E-state index contributed by atoms with van der Waals surface area (Å²) >= 11 is 0. The minimum absolute atomic E-state index is 0.134. The number of carbonyl (C=O) groups is 1. The van der Waals surface area contributed by atoms with Gasteiger partial charge in [0.1, 0.15) is 11.9 Å². The molecule has 0 unspecified atom stereocenters. The first-order valence-electron chi connectivity index (χ1n) is 10.5. The number of nitrogens with one attached hydrogen (secondary N) is 1. The standard InChI is InChI=1S/C23H30FN3O3S/c1-17(2)16-21(25-31(29,30)19-10-8-18(3)9-11-19)23(28)27-14-12-26(13-15-27)22-7-5-4-6-20(22)24/h4-11,17,21,25H,12-16H2,1-3H3/t21-/m1/s1. The van der Waals surface area contributed by atoms with Gasteiger partial charge in [0, 0.05) is 26.2 Å². The predicted octanol–water partition coefficient (Wildman–Crippen LogP) is 3.18. The van der Waals surface area contributed by atoms with Crippen molar-refractivity contribution >= 4 is 21.6 Å².